The van der Waals surface area contributed by atoms with E-state index in [1.807, 2.05) is 35.2 Å². The van der Waals surface area contributed by atoms with E-state index in [1.165, 1.54) is 19.3 Å². The van der Waals surface area contributed by atoms with Crippen LogP contribution < -0.4 is 9.64 Å². The molecule has 2 heterocycles. The topological polar surface area (TPSA) is 58.6 Å². The van der Waals surface area contributed by atoms with Crippen LogP contribution in [0.5, 0.6) is 5.75 Å². The van der Waals surface area contributed by atoms with Gasteiger partial charge in [0.25, 0.3) is 5.91 Å². The van der Waals surface area contributed by atoms with Gasteiger partial charge >= 0.3 is 0 Å². The average Bonchev–Trinajstić information content (AvgIpc) is 3.06. The summed E-state index contributed by atoms with van der Waals surface area (Å²) in [7, 11) is 0. The molecule has 1 amide bonds. The summed E-state index contributed by atoms with van der Waals surface area (Å²) in [5.74, 6) is 2.17. The minimum absolute atomic E-state index is 0.0283. The van der Waals surface area contributed by atoms with Crippen molar-refractivity contribution in [1.82, 2.24) is 15.1 Å². The molecular formula is C23H29ClN4O2. The Morgan fingerprint density at radius 2 is 1.93 bits per heavy atom. The predicted octanol–water partition coefficient (Wildman–Crippen LogP) is 4.30. The van der Waals surface area contributed by atoms with Crippen LogP contribution in [0, 0.1) is 0 Å². The maximum atomic E-state index is 12.9. The fourth-order valence-electron chi connectivity index (χ4n) is 4.47. The molecule has 6 nitrogen and oxygen atoms in total. The number of hydrogen-bond acceptors (Lipinski definition) is 5. The number of ether oxygens (including phenoxy) is 1. The van der Waals surface area contributed by atoms with Crippen LogP contribution in [0.1, 0.15) is 50.0 Å². The molecule has 7 heteroatoms. The zero-order valence-corrected chi connectivity index (χ0v) is 18.1. The Kier molecular flexibility index (Phi) is 7.05. The van der Waals surface area contributed by atoms with Crippen molar-refractivity contribution in [3.8, 4) is 5.75 Å². The van der Waals surface area contributed by atoms with Gasteiger partial charge < -0.3 is 14.5 Å². The standard InChI is InChI=1S/C23H29ClN4O2/c24-19-9-10-21(20(16-19)18-6-2-1-3-7-18)30-17-23(29)28-13-5-12-27(14-15-28)22-8-4-11-25-26-22/h4,8-11,16,18H,1-3,5-7,12-15,17H2. The highest BCUT2D eigenvalue weighted by Gasteiger charge is 2.23. The Labute approximate surface area is 183 Å². The van der Waals surface area contributed by atoms with Crippen LogP contribution in [-0.2, 0) is 4.79 Å². The zero-order chi connectivity index (χ0) is 20.8. The highest BCUT2D eigenvalue weighted by atomic mass is 35.5. The maximum Gasteiger partial charge on any atom is 0.260 e. The number of amides is 1. The van der Waals surface area contributed by atoms with Crippen LogP contribution in [0.3, 0.4) is 0 Å². The molecule has 0 radical (unpaired) electrons. The molecule has 0 N–H and O–H groups in total. The van der Waals surface area contributed by atoms with Gasteiger partial charge in [0, 0.05) is 37.4 Å². The second kappa shape index (κ2) is 10.1. The first-order valence-corrected chi connectivity index (χ1v) is 11.3. The van der Waals surface area contributed by atoms with Gasteiger partial charge in [-0.3, -0.25) is 4.79 Å². The molecule has 1 aromatic carbocycles. The molecule has 1 aromatic heterocycles. The van der Waals surface area contributed by atoms with Gasteiger partial charge in [-0.15, -0.1) is 5.10 Å². The Balaban J connectivity index is 1.36. The molecule has 30 heavy (non-hydrogen) atoms. The van der Waals surface area contributed by atoms with Crippen molar-refractivity contribution in [2.75, 3.05) is 37.7 Å². The smallest absolute Gasteiger partial charge is 0.260 e. The van der Waals surface area contributed by atoms with Gasteiger partial charge in [0.15, 0.2) is 12.4 Å². The average molecular weight is 429 g/mol. The van der Waals surface area contributed by atoms with Crippen LogP contribution in [0.2, 0.25) is 5.02 Å². The number of hydrogen-bond donors (Lipinski definition) is 0. The third-order valence-corrected chi connectivity index (χ3v) is 6.33. The minimum atomic E-state index is 0.0283. The van der Waals surface area contributed by atoms with Crippen LogP contribution in [0.25, 0.3) is 0 Å². The van der Waals surface area contributed by atoms with Crippen molar-refractivity contribution < 1.29 is 9.53 Å². The van der Waals surface area contributed by atoms with Crippen molar-refractivity contribution in [3.05, 3.63) is 47.1 Å². The Bertz CT molecular complexity index is 842. The third-order valence-electron chi connectivity index (χ3n) is 6.10. The third kappa shape index (κ3) is 5.22. The largest absolute Gasteiger partial charge is 0.483 e. The molecule has 1 saturated carbocycles. The molecule has 1 saturated heterocycles. The highest BCUT2D eigenvalue weighted by Crippen LogP contribution is 2.38. The van der Waals surface area contributed by atoms with Crippen LogP contribution in [-0.4, -0.2) is 53.8 Å². The van der Waals surface area contributed by atoms with Gasteiger partial charge in [-0.05, 0) is 61.1 Å². The Morgan fingerprint density at radius 3 is 2.73 bits per heavy atom. The second-order valence-corrected chi connectivity index (χ2v) is 8.55. The van der Waals surface area contributed by atoms with Crippen molar-refractivity contribution in [2.45, 2.75) is 44.4 Å². The van der Waals surface area contributed by atoms with Gasteiger partial charge in [-0.25, -0.2) is 0 Å². The Hall–Kier alpha value is -2.34. The molecule has 0 atom stereocenters. The number of rotatable bonds is 5. The number of carbonyl (C=O) groups is 1. The summed E-state index contributed by atoms with van der Waals surface area (Å²) in [5, 5.41) is 8.87. The lowest BCUT2D eigenvalue weighted by molar-refractivity contribution is -0.133. The molecule has 0 unspecified atom stereocenters. The summed E-state index contributed by atoms with van der Waals surface area (Å²) >= 11 is 6.26. The van der Waals surface area contributed by atoms with Crippen molar-refractivity contribution in [1.29, 1.82) is 0 Å². The maximum absolute atomic E-state index is 12.9. The van der Waals surface area contributed by atoms with E-state index < -0.39 is 0 Å². The van der Waals surface area contributed by atoms with E-state index in [1.54, 1.807) is 6.20 Å². The van der Waals surface area contributed by atoms with Crippen LogP contribution >= 0.6 is 11.6 Å². The first-order chi connectivity index (χ1) is 14.7. The molecule has 2 aliphatic rings. The summed E-state index contributed by atoms with van der Waals surface area (Å²) < 4.78 is 6.03. The van der Waals surface area contributed by atoms with E-state index in [4.69, 9.17) is 16.3 Å². The van der Waals surface area contributed by atoms with Crippen LogP contribution in [0.15, 0.2) is 36.5 Å². The van der Waals surface area contributed by atoms with Crippen molar-refractivity contribution >= 4 is 23.3 Å². The molecule has 1 aliphatic carbocycles. The number of aromatic nitrogens is 2. The molecule has 2 aromatic rings. The lowest BCUT2D eigenvalue weighted by Crippen LogP contribution is -2.38. The highest BCUT2D eigenvalue weighted by molar-refractivity contribution is 6.30. The number of anilines is 1. The van der Waals surface area contributed by atoms with Crippen molar-refractivity contribution in [2.24, 2.45) is 0 Å². The first-order valence-electron chi connectivity index (χ1n) is 10.9. The van der Waals surface area contributed by atoms with E-state index in [0.29, 0.717) is 12.5 Å². The summed E-state index contributed by atoms with van der Waals surface area (Å²) in [4.78, 5) is 16.9. The molecule has 2 fully saturated rings. The lowest BCUT2D eigenvalue weighted by atomic mass is 9.84. The van der Waals surface area contributed by atoms with Crippen molar-refractivity contribution in [3.63, 3.8) is 0 Å². The summed E-state index contributed by atoms with van der Waals surface area (Å²) in [6.45, 7) is 3.07. The number of halogens is 1. The zero-order valence-electron chi connectivity index (χ0n) is 17.3. The van der Waals surface area contributed by atoms with Gasteiger partial charge in [0.1, 0.15) is 5.75 Å². The SMILES string of the molecule is O=C(COc1ccc(Cl)cc1C1CCCCC1)N1CCCN(c2cccnn2)CC1. The summed E-state index contributed by atoms with van der Waals surface area (Å²) in [6.07, 6.45) is 8.68. The van der Waals surface area contributed by atoms with E-state index in [-0.39, 0.29) is 12.5 Å². The van der Waals surface area contributed by atoms with Crippen LogP contribution in [0.4, 0.5) is 5.82 Å². The molecule has 4 rings (SSSR count). The predicted molar refractivity (Wildman–Crippen MR) is 118 cm³/mol. The van der Waals surface area contributed by atoms with Gasteiger partial charge in [-0.2, -0.15) is 5.10 Å². The quantitative estimate of drug-likeness (QED) is 0.710. The fourth-order valence-corrected chi connectivity index (χ4v) is 4.65. The van der Waals surface area contributed by atoms with E-state index >= 15 is 0 Å². The van der Waals surface area contributed by atoms with Gasteiger partial charge in [-0.1, -0.05) is 30.9 Å². The minimum Gasteiger partial charge on any atom is -0.483 e. The number of nitrogens with zero attached hydrogens (tertiary/aromatic N) is 4. The Morgan fingerprint density at radius 1 is 1.07 bits per heavy atom. The molecular weight excluding hydrogens is 400 g/mol. The summed E-state index contributed by atoms with van der Waals surface area (Å²) in [6, 6.07) is 9.62. The summed E-state index contributed by atoms with van der Waals surface area (Å²) in [5.41, 5.74) is 1.15. The fraction of sp³-hybridized carbons (Fsp3) is 0.522. The second-order valence-electron chi connectivity index (χ2n) is 8.11. The van der Waals surface area contributed by atoms with E-state index in [2.05, 4.69) is 15.1 Å². The molecule has 0 spiro atoms. The van der Waals surface area contributed by atoms with E-state index in [0.717, 1.165) is 61.1 Å². The molecule has 160 valence electrons. The van der Waals surface area contributed by atoms with Gasteiger partial charge in [0.2, 0.25) is 0 Å². The lowest BCUT2D eigenvalue weighted by Gasteiger charge is -2.25. The number of carbonyl (C=O) groups excluding carboxylic acids is 1. The monoisotopic (exact) mass is 428 g/mol. The first kappa shape index (κ1) is 20.9. The van der Waals surface area contributed by atoms with Gasteiger partial charge in [0.05, 0.1) is 0 Å². The number of benzene rings is 1. The molecule has 0 bridgehead atoms. The normalized spacial score (nSPS) is 18.2. The van der Waals surface area contributed by atoms with E-state index in [9.17, 15) is 4.79 Å². The molecule has 1 aliphatic heterocycles.